The van der Waals surface area contributed by atoms with Gasteiger partial charge in [0.2, 0.25) is 0 Å². The van der Waals surface area contributed by atoms with E-state index in [2.05, 4.69) is 15.9 Å². The van der Waals surface area contributed by atoms with E-state index in [1.54, 1.807) is 0 Å². The number of carbonyl (C=O) groups excluding carboxylic acids is 1. The van der Waals surface area contributed by atoms with Gasteiger partial charge in [0, 0.05) is 5.33 Å². The SMILES string of the molecule is O=C1COC1CCCCBr. The zero-order valence-electron chi connectivity index (χ0n) is 5.81. The van der Waals surface area contributed by atoms with Gasteiger partial charge in [-0.3, -0.25) is 4.79 Å². The summed E-state index contributed by atoms with van der Waals surface area (Å²) >= 11 is 3.33. The molecule has 0 aliphatic carbocycles. The Hall–Kier alpha value is 0.110. The minimum atomic E-state index is -0.0564. The van der Waals surface area contributed by atoms with Crippen molar-refractivity contribution in [2.75, 3.05) is 11.9 Å². The highest BCUT2D eigenvalue weighted by molar-refractivity contribution is 9.09. The van der Waals surface area contributed by atoms with Crippen LogP contribution in [0.5, 0.6) is 0 Å². The first-order chi connectivity index (χ1) is 4.84. The normalized spacial score (nSPS) is 24.5. The van der Waals surface area contributed by atoms with Crippen molar-refractivity contribution >= 4 is 21.7 Å². The third kappa shape index (κ3) is 2.06. The molecule has 0 saturated carbocycles. The zero-order chi connectivity index (χ0) is 7.40. The van der Waals surface area contributed by atoms with Gasteiger partial charge in [-0.05, 0) is 19.3 Å². The van der Waals surface area contributed by atoms with Crippen molar-refractivity contribution in [2.24, 2.45) is 0 Å². The molecule has 1 aliphatic heterocycles. The fraction of sp³-hybridized carbons (Fsp3) is 0.857. The average molecular weight is 207 g/mol. The monoisotopic (exact) mass is 206 g/mol. The lowest BCUT2D eigenvalue weighted by Crippen LogP contribution is -2.39. The molecule has 1 fully saturated rings. The van der Waals surface area contributed by atoms with Gasteiger partial charge in [-0.15, -0.1) is 0 Å². The molecule has 0 N–H and O–H groups in total. The molecule has 0 bridgehead atoms. The van der Waals surface area contributed by atoms with Crippen molar-refractivity contribution in [3.05, 3.63) is 0 Å². The number of unbranched alkanes of at least 4 members (excludes halogenated alkanes) is 1. The Morgan fingerprint density at radius 1 is 1.60 bits per heavy atom. The lowest BCUT2D eigenvalue weighted by Gasteiger charge is -2.24. The molecular formula is C7H11BrO2. The van der Waals surface area contributed by atoms with Crippen LogP contribution in [-0.2, 0) is 9.53 Å². The van der Waals surface area contributed by atoms with Crippen molar-refractivity contribution < 1.29 is 9.53 Å². The first-order valence-corrected chi connectivity index (χ1v) is 4.67. The Labute approximate surface area is 69.1 Å². The van der Waals surface area contributed by atoms with Crippen molar-refractivity contribution in [3.8, 4) is 0 Å². The van der Waals surface area contributed by atoms with Gasteiger partial charge < -0.3 is 4.74 Å². The van der Waals surface area contributed by atoms with Crippen LogP contribution in [0.3, 0.4) is 0 Å². The fourth-order valence-corrected chi connectivity index (χ4v) is 1.33. The van der Waals surface area contributed by atoms with Crippen LogP contribution >= 0.6 is 15.9 Å². The van der Waals surface area contributed by atoms with E-state index in [0.717, 1.165) is 24.6 Å². The molecule has 0 aromatic carbocycles. The fourth-order valence-electron chi connectivity index (χ4n) is 0.938. The van der Waals surface area contributed by atoms with E-state index >= 15 is 0 Å². The second-order valence-corrected chi connectivity index (χ2v) is 3.24. The van der Waals surface area contributed by atoms with E-state index < -0.39 is 0 Å². The number of ketones is 1. The zero-order valence-corrected chi connectivity index (χ0v) is 7.39. The quantitative estimate of drug-likeness (QED) is 0.516. The molecule has 2 nitrogen and oxygen atoms in total. The van der Waals surface area contributed by atoms with Gasteiger partial charge in [-0.2, -0.15) is 0 Å². The van der Waals surface area contributed by atoms with Gasteiger partial charge in [0.05, 0.1) is 0 Å². The van der Waals surface area contributed by atoms with Crippen molar-refractivity contribution in [1.29, 1.82) is 0 Å². The molecule has 3 heteroatoms. The standard InChI is InChI=1S/C7H11BrO2/c8-4-2-1-3-7-6(9)5-10-7/h7H,1-5H2. The maximum atomic E-state index is 10.7. The molecule has 0 radical (unpaired) electrons. The number of ether oxygens (including phenoxy) is 1. The highest BCUT2D eigenvalue weighted by Gasteiger charge is 2.27. The Bertz CT molecular complexity index is 125. The summed E-state index contributed by atoms with van der Waals surface area (Å²) in [6.45, 7) is 0.346. The van der Waals surface area contributed by atoms with Gasteiger partial charge in [-0.1, -0.05) is 15.9 Å². The molecule has 10 heavy (non-hydrogen) atoms. The summed E-state index contributed by atoms with van der Waals surface area (Å²) in [4.78, 5) is 10.7. The Morgan fingerprint density at radius 2 is 2.40 bits per heavy atom. The summed E-state index contributed by atoms with van der Waals surface area (Å²) in [5.41, 5.74) is 0. The summed E-state index contributed by atoms with van der Waals surface area (Å²) in [5, 5.41) is 1.02. The minimum Gasteiger partial charge on any atom is -0.362 e. The number of carbonyl (C=O) groups is 1. The molecule has 1 unspecified atom stereocenters. The second kappa shape index (κ2) is 4.09. The predicted molar refractivity (Wildman–Crippen MR) is 42.4 cm³/mol. The number of halogens is 1. The molecule has 0 aromatic heterocycles. The average Bonchev–Trinajstić information content (AvgIpc) is 1.95. The van der Waals surface area contributed by atoms with E-state index in [9.17, 15) is 4.79 Å². The molecule has 0 amide bonds. The first kappa shape index (κ1) is 8.21. The molecule has 0 spiro atoms. The van der Waals surface area contributed by atoms with Gasteiger partial charge >= 0.3 is 0 Å². The van der Waals surface area contributed by atoms with Crippen LogP contribution in [-0.4, -0.2) is 23.8 Å². The van der Waals surface area contributed by atoms with E-state index in [1.165, 1.54) is 0 Å². The Balaban J connectivity index is 1.98. The summed E-state index contributed by atoms with van der Waals surface area (Å²) in [7, 11) is 0. The maximum Gasteiger partial charge on any atom is 0.187 e. The highest BCUT2D eigenvalue weighted by Crippen LogP contribution is 2.14. The van der Waals surface area contributed by atoms with Gasteiger partial charge in [0.25, 0.3) is 0 Å². The molecule has 1 saturated heterocycles. The van der Waals surface area contributed by atoms with E-state index in [-0.39, 0.29) is 11.9 Å². The van der Waals surface area contributed by atoms with Crippen LogP contribution in [0.2, 0.25) is 0 Å². The number of rotatable bonds is 4. The summed E-state index contributed by atoms with van der Waals surface area (Å²) in [5.74, 6) is 0.273. The van der Waals surface area contributed by atoms with E-state index in [1.807, 2.05) is 0 Å². The van der Waals surface area contributed by atoms with Crippen LogP contribution in [0.15, 0.2) is 0 Å². The highest BCUT2D eigenvalue weighted by atomic mass is 79.9. The smallest absolute Gasteiger partial charge is 0.187 e. The summed E-state index contributed by atoms with van der Waals surface area (Å²) in [6, 6.07) is 0. The van der Waals surface area contributed by atoms with Crippen LogP contribution in [0, 0.1) is 0 Å². The third-order valence-electron chi connectivity index (χ3n) is 1.64. The molecule has 58 valence electrons. The maximum absolute atomic E-state index is 10.7. The minimum absolute atomic E-state index is 0.0564. The van der Waals surface area contributed by atoms with Crippen LogP contribution in [0.4, 0.5) is 0 Å². The molecule has 1 atom stereocenters. The van der Waals surface area contributed by atoms with E-state index in [4.69, 9.17) is 4.74 Å². The Morgan fingerprint density at radius 3 is 2.80 bits per heavy atom. The second-order valence-electron chi connectivity index (χ2n) is 2.45. The molecule has 0 aromatic rings. The number of alkyl halides is 1. The predicted octanol–water partition coefficient (Wildman–Crippen LogP) is 1.52. The molecule has 1 heterocycles. The Kier molecular flexibility index (Phi) is 3.35. The lowest BCUT2D eigenvalue weighted by molar-refractivity contribution is -0.154. The van der Waals surface area contributed by atoms with Crippen molar-refractivity contribution in [2.45, 2.75) is 25.4 Å². The van der Waals surface area contributed by atoms with Crippen molar-refractivity contribution in [1.82, 2.24) is 0 Å². The first-order valence-electron chi connectivity index (χ1n) is 3.55. The lowest BCUT2D eigenvalue weighted by atomic mass is 10.1. The third-order valence-corrected chi connectivity index (χ3v) is 2.20. The van der Waals surface area contributed by atoms with Gasteiger partial charge in [0.1, 0.15) is 12.7 Å². The number of hydrogen-bond acceptors (Lipinski definition) is 2. The largest absolute Gasteiger partial charge is 0.362 e. The molecule has 1 aliphatic rings. The topological polar surface area (TPSA) is 26.3 Å². The van der Waals surface area contributed by atoms with Gasteiger partial charge in [-0.25, -0.2) is 0 Å². The van der Waals surface area contributed by atoms with Crippen LogP contribution in [0.25, 0.3) is 0 Å². The van der Waals surface area contributed by atoms with Crippen LogP contribution in [0.1, 0.15) is 19.3 Å². The van der Waals surface area contributed by atoms with Crippen LogP contribution < -0.4 is 0 Å². The molecular weight excluding hydrogens is 196 g/mol. The molecule has 1 rings (SSSR count). The van der Waals surface area contributed by atoms with Gasteiger partial charge in [0.15, 0.2) is 5.78 Å². The number of hydrogen-bond donors (Lipinski definition) is 0. The summed E-state index contributed by atoms with van der Waals surface area (Å²) < 4.78 is 5.02. The number of Topliss-reactive ketones (excluding diaryl/α,β-unsaturated/α-hetero) is 1. The van der Waals surface area contributed by atoms with E-state index in [0.29, 0.717) is 6.61 Å². The summed E-state index contributed by atoms with van der Waals surface area (Å²) in [6.07, 6.45) is 3.07. The van der Waals surface area contributed by atoms with Crippen molar-refractivity contribution in [3.63, 3.8) is 0 Å².